The maximum absolute atomic E-state index is 9.34. The quantitative estimate of drug-likeness (QED) is 0.747. The van der Waals surface area contributed by atoms with Gasteiger partial charge in [-0.1, -0.05) is 19.3 Å². The van der Waals surface area contributed by atoms with E-state index in [9.17, 15) is 5.11 Å². The van der Waals surface area contributed by atoms with Gasteiger partial charge in [-0.05, 0) is 31.0 Å². The first-order chi connectivity index (χ1) is 9.78. The third-order valence-electron chi connectivity index (χ3n) is 4.12. The number of anilines is 2. The van der Waals surface area contributed by atoms with E-state index in [1.807, 2.05) is 18.2 Å². The molecule has 1 aliphatic rings. The van der Waals surface area contributed by atoms with E-state index in [4.69, 9.17) is 5.73 Å². The van der Waals surface area contributed by atoms with Crippen molar-refractivity contribution in [3.63, 3.8) is 0 Å². The number of benzene rings is 1. The monoisotopic (exact) mass is 274 g/mol. The molecule has 0 amide bonds. The lowest BCUT2D eigenvalue weighted by Crippen LogP contribution is -2.39. The van der Waals surface area contributed by atoms with Crippen LogP contribution in [0.3, 0.4) is 0 Å². The molecule has 4 N–H and O–H groups in total. The van der Waals surface area contributed by atoms with Crippen LogP contribution in [0.15, 0.2) is 18.2 Å². The van der Waals surface area contributed by atoms with Crippen LogP contribution in [0.2, 0.25) is 0 Å². The minimum atomic E-state index is 0.148. The number of rotatable bonds is 4. The lowest BCUT2D eigenvalue weighted by Gasteiger charge is -2.33. The van der Waals surface area contributed by atoms with Crippen molar-refractivity contribution < 1.29 is 5.11 Å². The van der Waals surface area contributed by atoms with Crippen molar-refractivity contribution in [3.8, 4) is 0 Å². The molecule has 1 aromatic heterocycles. The summed E-state index contributed by atoms with van der Waals surface area (Å²) in [5.41, 5.74) is 8.43. The van der Waals surface area contributed by atoms with Gasteiger partial charge < -0.3 is 20.7 Å². The van der Waals surface area contributed by atoms with E-state index >= 15 is 0 Å². The molecule has 108 valence electrons. The van der Waals surface area contributed by atoms with E-state index in [-0.39, 0.29) is 6.61 Å². The Morgan fingerprint density at radius 3 is 2.85 bits per heavy atom. The standard InChI is InChI=1S/C15H22N4O/c16-11-6-7-13-14(10-11)18-15(17-13)19(8-9-20)12-4-2-1-3-5-12/h6-7,10,12,20H,1-5,8-9,16H2,(H,17,18). The molecule has 5 nitrogen and oxygen atoms in total. The third kappa shape index (κ3) is 2.58. The highest BCUT2D eigenvalue weighted by atomic mass is 16.3. The van der Waals surface area contributed by atoms with Crippen LogP contribution in [0.5, 0.6) is 0 Å². The molecule has 0 saturated heterocycles. The molecular weight excluding hydrogens is 252 g/mol. The summed E-state index contributed by atoms with van der Waals surface area (Å²) in [4.78, 5) is 10.2. The van der Waals surface area contributed by atoms with Gasteiger partial charge in [-0.25, -0.2) is 4.98 Å². The number of aromatic nitrogens is 2. The van der Waals surface area contributed by atoms with E-state index in [1.165, 1.54) is 32.1 Å². The van der Waals surface area contributed by atoms with E-state index < -0.39 is 0 Å². The van der Waals surface area contributed by atoms with Crippen molar-refractivity contribution in [2.75, 3.05) is 23.8 Å². The fraction of sp³-hybridized carbons (Fsp3) is 0.533. The zero-order chi connectivity index (χ0) is 13.9. The lowest BCUT2D eigenvalue weighted by atomic mass is 9.94. The molecule has 0 unspecified atom stereocenters. The van der Waals surface area contributed by atoms with Crippen LogP contribution in [0.1, 0.15) is 32.1 Å². The number of aliphatic hydroxyl groups is 1. The normalized spacial score (nSPS) is 16.6. The first kappa shape index (κ1) is 13.2. The number of H-pyrrole nitrogens is 1. The van der Waals surface area contributed by atoms with Gasteiger partial charge in [0.05, 0.1) is 17.6 Å². The van der Waals surface area contributed by atoms with Crippen molar-refractivity contribution >= 4 is 22.7 Å². The van der Waals surface area contributed by atoms with E-state index in [2.05, 4.69) is 14.9 Å². The Kier molecular flexibility index (Phi) is 3.78. The van der Waals surface area contributed by atoms with Crippen molar-refractivity contribution in [1.29, 1.82) is 0 Å². The van der Waals surface area contributed by atoms with Gasteiger partial charge in [0.2, 0.25) is 5.95 Å². The zero-order valence-corrected chi connectivity index (χ0v) is 11.7. The summed E-state index contributed by atoms with van der Waals surface area (Å²) < 4.78 is 0. The SMILES string of the molecule is Nc1ccc2nc(N(CCO)C3CCCCC3)[nH]c2c1. The molecule has 0 radical (unpaired) electrons. The van der Waals surface area contributed by atoms with Crippen LogP contribution in [-0.2, 0) is 0 Å². The van der Waals surface area contributed by atoms with E-state index in [0.29, 0.717) is 12.6 Å². The number of nitrogens with one attached hydrogen (secondary N) is 1. The molecule has 1 aromatic carbocycles. The summed E-state index contributed by atoms with van der Waals surface area (Å²) in [6, 6.07) is 6.19. The summed E-state index contributed by atoms with van der Waals surface area (Å²) in [6.45, 7) is 0.773. The topological polar surface area (TPSA) is 78.2 Å². The summed E-state index contributed by atoms with van der Waals surface area (Å²) in [5.74, 6) is 0.853. The number of nitrogens with zero attached hydrogens (tertiary/aromatic N) is 2. The second kappa shape index (κ2) is 5.71. The Labute approximate surface area is 118 Å². The largest absolute Gasteiger partial charge is 0.399 e. The molecule has 1 heterocycles. The maximum atomic E-state index is 9.34. The molecule has 1 saturated carbocycles. The molecular formula is C15H22N4O. The van der Waals surface area contributed by atoms with Crippen LogP contribution in [0.25, 0.3) is 11.0 Å². The Morgan fingerprint density at radius 1 is 1.30 bits per heavy atom. The summed E-state index contributed by atoms with van der Waals surface area (Å²) >= 11 is 0. The second-order valence-corrected chi connectivity index (χ2v) is 5.55. The van der Waals surface area contributed by atoms with Crippen LogP contribution in [-0.4, -0.2) is 34.3 Å². The van der Waals surface area contributed by atoms with Gasteiger partial charge in [-0.2, -0.15) is 0 Å². The molecule has 0 aliphatic heterocycles. The number of aromatic amines is 1. The highest BCUT2D eigenvalue weighted by molar-refractivity contribution is 5.80. The van der Waals surface area contributed by atoms with Gasteiger partial charge >= 0.3 is 0 Å². The number of nitrogens with two attached hydrogens (primary N) is 1. The fourth-order valence-corrected chi connectivity index (χ4v) is 3.11. The molecule has 0 spiro atoms. The van der Waals surface area contributed by atoms with Gasteiger partial charge in [0, 0.05) is 18.3 Å². The highest BCUT2D eigenvalue weighted by Gasteiger charge is 2.23. The highest BCUT2D eigenvalue weighted by Crippen LogP contribution is 2.27. The Balaban J connectivity index is 1.91. The van der Waals surface area contributed by atoms with Crippen LogP contribution in [0.4, 0.5) is 11.6 Å². The molecule has 0 bridgehead atoms. The van der Waals surface area contributed by atoms with Gasteiger partial charge in [-0.15, -0.1) is 0 Å². The summed E-state index contributed by atoms with van der Waals surface area (Å²) in [5, 5.41) is 9.34. The molecule has 2 aromatic rings. The van der Waals surface area contributed by atoms with Crippen molar-refractivity contribution in [3.05, 3.63) is 18.2 Å². The zero-order valence-electron chi connectivity index (χ0n) is 11.7. The van der Waals surface area contributed by atoms with E-state index in [1.54, 1.807) is 0 Å². The molecule has 5 heteroatoms. The van der Waals surface area contributed by atoms with E-state index in [0.717, 1.165) is 22.7 Å². The lowest BCUT2D eigenvalue weighted by molar-refractivity contribution is 0.289. The van der Waals surface area contributed by atoms with Crippen LogP contribution < -0.4 is 10.6 Å². The summed E-state index contributed by atoms with van der Waals surface area (Å²) in [7, 11) is 0. The van der Waals surface area contributed by atoms with Crippen molar-refractivity contribution in [2.24, 2.45) is 0 Å². The fourth-order valence-electron chi connectivity index (χ4n) is 3.11. The van der Waals surface area contributed by atoms with Crippen molar-refractivity contribution in [1.82, 2.24) is 9.97 Å². The Morgan fingerprint density at radius 2 is 2.10 bits per heavy atom. The van der Waals surface area contributed by atoms with Gasteiger partial charge in [0.25, 0.3) is 0 Å². The van der Waals surface area contributed by atoms with Crippen molar-refractivity contribution in [2.45, 2.75) is 38.1 Å². The minimum Gasteiger partial charge on any atom is -0.399 e. The molecule has 3 rings (SSSR count). The van der Waals surface area contributed by atoms with Gasteiger partial charge in [0.1, 0.15) is 0 Å². The average molecular weight is 274 g/mol. The maximum Gasteiger partial charge on any atom is 0.204 e. The number of hydrogen-bond acceptors (Lipinski definition) is 4. The second-order valence-electron chi connectivity index (χ2n) is 5.55. The third-order valence-corrected chi connectivity index (χ3v) is 4.12. The van der Waals surface area contributed by atoms with Gasteiger partial charge in [-0.3, -0.25) is 0 Å². The van der Waals surface area contributed by atoms with Gasteiger partial charge in [0.15, 0.2) is 0 Å². The predicted octanol–water partition coefficient (Wildman–Crippen LogP) is 2.28. The number of aliphatic hydroxyl groups excluding tert-OH is 1. The number of hydrogen-bond donors (Lipinski definition) is 3. The molecule has 20 heavy (non-hydrogen) atoms. The number of nitrogen functional groups attached to an aromatic ring is 1. The molecule has 1 fully saturated rings. The Bertz CT molecular complexity index is 574. The number of imidazole rings is 1. The first-order valence-corrected chi connectivity index (χ1v) is 7.40. The smallest absolute Gasteiger partial charge is 0.204 e. The number of fused-ring (bicyclic) bond motifs is 1. The minimum absolute atomic E-state index is 0.148. The first-order valence-electron chi connectivity index (χ1n) is 7.40. The van der Waals surface area contributed by atoms with Crippen LogP contribution in [0, 0.1) is 0 Å². The average Bonchev–Trinajstić information content (AvgIpc) is 2.88. The Hall–Kier alpha value is -1.75. The van der Waals surface area contributed by atoms with Crippen LogP contribution >= 0.6 is 0 Å². The predicted molar refractivity (Wildman–Crippen MR) is 81.8 cm³/mol. The summed E-state index contributed by atoms with van der Waals surface area (Å²) in [6.07, 6.45) is 6.21. The molecule has 1 aliphatic carbocycles. The molecule has 0 atom stereocenters.